The van der Waals surface area contributed by atoms with Gasteiger partial charge in [-0.15, -0.1) is 0 Å². The highest BCUT2D eigenvalue weighted by atomic mass is 79.9. The molecule has 6 nitrogen and oxygen atoms in total. The Labute approximate surface area is 233 Å². The maximum atomic E-state index is 13.4. The number of rotatable bonds is 10. The van der Waals surface area contributed by atoms with Crippen molar-refractivity contribution in [3.05, 3.63) is 86.0 Å². The molecular formula is C28H24BrCl2NO5. The first-order valence-electron chi connectivity index (χ1n) is 11.7. The number of hydrogen-bond acceptors (Lipinski definition) is 5. The molecule has 1 N–H and O–H groups in total. The molecule has 0 radical (unpaired) electrons. The van der Waals surface area contributed by atoms with Gasteiger partial charge in [0.25, 0.3) is 5.91 Å². The lowest BCUT2D eigenvalue weighted by molar-refractivity contribution is 0.101. The third-order valence-electron chi connectivity index (χ3n) is 5.71. The van der Waals surface area contributed by atoms with Gasteiger partial charge in [0, 0.05) is 16.5 Å². The van der Waals surface area contributed by atoms with Crippen molar-refractivity contribution in [2.45, 2.75) is 26.2 Å². The van der Waals surface area contributed by atoms with Crippen LogP contribution in [0, 0.1) is 0 Å². The van der Waals surface area contributed by atoms with Crippen molar-refractivity contribution in [2.75, 3.05) is 19.0 Å². The van der Waals surface area contributed by atoms with Crippen LogP contribution in [-0.4, -0.2) is 25.4 Å². The topological polar surface area (TPSA) is 77.8 Å². The van der Waals surface area contributed by atoms with Crippen molar-refractivity contribution >= 4 is 67.5 Å². The highest BCUT2D eigenvalue weighted by molar-refractivity contribution is 9.10. The maximum Gasteiger partial charge on any atom is 0.255 e. The van der Waals surface area contributed by atoms with Gasteiger partial charge >= 0.3 is 0 Å². The number of unbranched alkanes of at least 4 members (excludes halogenated alkanes) is 2. The Kier molecular flexibility index (Phi) is 8.79. The Morgan fingerprint density at radius 1 is 1.00 bits per heavy atom. The summed E-state index contributed by atoms with van der Waals surface area (Å²) in [6.07, 6.45) is 2.97. The fourth-order valence-corrected chi connectivity index (χ4v) is 4.95. The second kappa shape index (κ2) is 12.0. The Bertz CT molecular complexity index is 1440. The third-order valence-corrected chi connectivity index (χ3v) is 6.89. The average Bonchev–Trinajstić information content (AvgIpc) is 3.25. The van der Waals surface area contributed by atoms with E-state index in [1.165, 1.54) is 19.2 Å². The van der Waals surface area contributed by atoms with Crippen molar-refractivity contribution in [1.29, 1.82) is 0 Å². The Balaban J connectivity index is 1.65. The molecule has 1 aromatic heterocycles. The number of nitrogens with one attached hydrogen (secondary N) is 1. The molecule has 0 saturated carbocycles. The largest absolute Gasteiger partial charge is 0.496 e. The number of fused-ring (bicyclic) bond motifs is 1. The van der Waals surface area contributed by atoms with E-state index in [1.54, 1.807) is 42.5 Å². The molecule has 0 atom stereocenters. The lowest BCUT2D eigenvalue weighted by Gasteiger charge is -2.12. The monoisotopic (exact) mass is 603 g/mol. The summed E-state index contributed by atoms with van der Waals surface area (Å²) in [5, 5.41) is 3.86. The van der Waals surface area contributed by atoms with E-state index in [2.05, 4.69) is 28.2 Å². The van der Waals surface area contributed by atoms with Crippen LogP contribution in [0.3, 0.4) is 0 Å². The van der Waals surface area contributed by atoms with Crippen LogP contribution in [0.5, 0.6) is 11.5 Å². The molecule has 4 rings (SSSR count). The molecule has 9 heteroatoms. The van der Waals surface area contributed by atoms with E-state index in [0.717, 1.165) is 19.3 Å². The summed E-state index contributed by atoms with van der Waals surface area (Å²) in [6.45, 7) is 2.58. The number of hydrogen-bond donors (Lipinski definition) is 1. The lowest BCUT2D eigenvalue weighted by atomic mass is 10.1. The number of benzene rings is 3. The van der Waals surface area contributed by atoms with Gasteiger partial charge < -0.3 is 19.2 Å². The third kappa shape index (κ3) is 5.95. The number of ether oxygens (including phenoxy) is 2. The summed E-state index contributed by atoms with van der Waals surface area (Å²) in [5.41, 5.74) is 1.29. The molecule has 0 aliphatic heterocycles. The van der Waals surface area contributed by atoms with E-state index in [9.17, 15) is 9.59 Å². The maximum absolute atomic E-state index is 13.4. The summed E-state index contributed by atoms with van der Waals surface area (Å²) in [5.74, 6) is 0.0196. The predicted molar refractivity (Wildman–Crippen MR) is 150 cm³/mol. The Morgan fingerprint density at radius 3 is 2.41 bits per heavy atom. The molecule has 192 valence electrons. The molecule has 0 bridgehead atoms. The first kappa shape index (κ1) is 27.0. The Morgan fingerprint density at radius 2 is 1.73 bits per heavy atom. The van der Waals surface area contributed by atoms with Crippen LogP contribution in [0.4, 0.5) is 5.69 Å². The number of methoxy groups -OCH3 is 1. The van der Waals surface area contributed by atoms with Gasteiger partial charge in [0.05, 0.1) is 33.9 Å². The zero-order valence-electron chi connectivity index (χ0n) is 20.2. The second-order valence-corrected chi connectivity index (χ2v) is 9.93. The van der Waals surface area contributed by atoms with Crippen molar-refractivity contribution < 1.29 is 23.5 Å². The zero-order valence-corrected chi connectivity index (χ0v) is 23.3. The molecule has 0 saturated heterocycles. The first-order valence-corrected chi connectivity index (χ1v) is 13.2. The molecule has 1 amide bonds. The van der Waals surface area contributed by atoms with Gasteiger partial charge in [-0.25, -0.2) is 0 Å². The molecule has 0 spiro atoms. The van der Waals surface area contributed by atoms with Gasteiger partial charge in [0.1, 0.15) is 11.3 Å². The molecule has 0 fully saturated rings. The van der Waals surface area contributed by atoms with Crippen molar-refractivity contribution in [2.24, 2.45) is 0 Å². The normalized spacial score (nSPS) is 10.9. The minimum atomic E-state index is -0.502. The summed E-state index contributed by atoms with van der Waals surface area (Å²) >= 11 is 16.2. The van der Waals surface area contributed by atoms with Gasteiger partial charge in [-0.2, -0.15) is 0 Å². The predicted octanol–water partition coefficient (Wildman–Crippen LogP) is 8.56. The SMILES string of the molecule is CCCCCOc1c(Cl)cc(C(=O)Nc2c(C(=O)c3ccc(OC)c(Br)c3)oc3ccccc23)cc1Cl. The molecule has 37 heavy (non-hydrogen) atoms. The van der Waals surface area contributed by atoms with Crippen LogP contribution < -0.4 is 14.8 Å². The number of carbonyl (C=O) groups excluding carboxylic acids is 2. The molecule has 0 aliphatic carbocycles. The standard InChI is InChI=1S/C28H24BrCl2NO5/c1-3-4-7-12-36-26-20(30)14-17(15-21(26)31)28(34)32-24-18-8-5-6-9-22(18)37-27(24)25(33)16-10-11-23(35-2)19(29)13-16/h5-6,8-11,13-15H,3-4,7,12H2,1-2H3,(H,32,34). The number of halogens is 3. The van der Waals surface area contributed by atoms with Gasteiger partial charge in [-0.1, -0.05) is 55.1 Å². The van der Waals surface area contributed by atoms with E-state index in [4.69, 9.17) is 37.1 Å². The Hall–Kier alpha value is -3.00. The molecule has 0 unspecified atom stereocenters. The van der Waals surface area contributed by atoms with Crippen LogP contribution in [0.15, 0.2) is 63.5 Å². The summed E-state index contributed by atoms with van der Waals surface area (Å²) in [4.78, 5) is 26.7. The number of anilines is 1. The van der Waals surface area contributed by atoms with Crippen molar-refractivity contribution in [1.82, 2.24) is 0 Å². The minimum Gasteiger partial charge on any atom is -0.496 e. The highest BCUT2D eigenvalue weighted by Crippen LogP contribution is 2.37. The number of amides is 1. The molecule has 4 aromatic rings. The van der Waals surface area contributed by atoms with E-state index in [1.807, 2.05) is 0 Å². The van der Waals surface area contributed by atoms with Crippen LogP contribution in [0.2, 0.25) is 10.0 Å². The van der Waals surface area contributed by atoms with Crippen LogP contribution in [0.1, 0.15) is 52.7 Å². The number of carbonyl (C=O) groups is 2. The summed E-state index contributed by atoms with van der Waals surface area (Å²) in [7, 11) is 1.54. The fourth-order valence-electron chi connectivity index (χ4n) is 3.81. The van der Waals surface area contributed by atoms with Gasteiger partial charge in [-0.05, 0) is 64.8 Å². The van der Waals surface area contributed by atoms with Crippen LogP contribution in [-0.2, 0) is 0 Å². The smallest absolute Gasteiger partial charge is 0.255 e. The number of para-hydroxylation sites is 1. The second-order valence-electron chi connectivity index (χ2n) is 8.26. The quantitative estimate of drug-likeness (QED) is 0.145. The van der Waals surface area contributed by atoms with Gasteiger partial charge in [0.2, 0.25) is 5.78 Å². The molecular weight excluding hydrogens is 581 g/mol. The minimum absolute atomic E-state index is 0.000289. The van der Waals surface area contributed by atoms with E-state index in [0.29, 0.717) is 39.1 Å². The highest BCUT2D eigenvalue weighted by Gasteiger charge is 2.25. The first-order chi connectivity index (χ1) is 17.8. The van der Waals surface area contributed by atoms with E-state index >= 15 is 0 Å². The molecule has 0 aliphatic rings. The van der Waals surface area contributed by atoms with Gasteiger partial charge in [0.15, 0.2) is 11.5 Å². The van der Waals surface area contributed by atoms with Crippen molar-refractivity contribution in [3.63, 3.8) is 0 Å². The van der Waals surface area contributed by atoms with E-state index < -0.39 is 11.7 Å². The zero-order chi connectivity index (χ0) is 26.5. The number of furan rings is 1. The van der Waals surface area contributed by atoms with Crippen LogP contribution in [0.25, 0.3) is 11.0 Å². The lowest BCUT2D eigenvalue weighted by Crippen LogP contribution is -2.14. The average molecular weight is 605 g/mol. The molecule has 1 heterocycles. The fraction of sp³-hybridized carbons (Fsp3) is 0.214. The number of ketones is 1. The molecule has 3 aromatic carbocycles. The summed E-state index contributed by atoms with van der Waals surface area (Å²) in [6, 6.07) is 15.0. The van der Waals surface area contributed by atoms with E-state index in [-0.39, 0.29) is 27.1 Å². The van der Waals surface area contributed by atoms with Crippen LogP contribution >= 0.6 is 39.1 Å². The van der Waals surface area contributed by atoms with Gasteiger partial charge in [-0.3, -0.25) is 9.59 Å². The summed E-state index contributed by atoms with van der Waals surface area (Å²) < 4.78 is 17.5. The van der Waals surface area contributed by atoms with Crippen molar-refractivity contribution in [3.8, 4) is 11.5 Å².